The second kappa shape index (κ2) is 11.6. The van der Waals surface area contributed by atoms with E-state index in [0.29, 0.717) is 39.6 Å². The Hall–Kier alpha value is -0.980. The quantitative estimate of drug-likeness (QED) is 0.232. The molecule has 4 rings (SSSR count). The molecule has 33 heavy (non-hydrogen) atoms. The first-order valence-electron chi connectivity index (χ1n) is 8.75. The van der Waals surface area contributed by atoms with E-state index in [4.69, 9.17) is 23.7 Å². The number of nitrogens with zero attached hydrogens (tertiary/aromatic N) is 1. The van der Waals surface area contributed by atoms with Crippen molar-refractivity contribution in [2.75, 3.05) is 28.1 Å². The normalized spacial score (nSPS) is 11.8. The summed E-state index contributed by atoms with van der Waals surface area (Å²) in [6.45, 7) is 0.0832. The third-order valence-corrected chi connectivity index (χ3v) is 5.52. The molecule has 2 heterocycles. The van der Waals surface area contributed by atoms with Crippen LogP contribution in [0.5, 0.6) is 34.5 Å². The van der Waals surface area contributed by atoms with Crippen molar-refractivity contribution >= 4 is 19.4 Å². The Morgan fingerprint density at radius 3 is 2.24 bits per heavy atom. The third kappa shape index (κ3) is 5.99. The summed E-state index contributed by atoms with van der Waals surface area (Å²) in [6, 6.07) is 6.53. The zero-order valence-electron chi connectivity index (χ0n) is 18.6. The number of benzene rings is 2. The Morgan fingerprint density at radius 2 is 1.61 bits per heavy atom. The van der Waals surface area contributed by atoms with E-state index in [1.165, 1.54) is 38.9 Å². The number of aromatic nitrogens is 1. The van der Waals surface area contributed by atoms with Crippen molar-refractivity contribution in [2.24, 2.45) is 0 Å². The summed E-state index contributed by atoms with van der Waals surface area (Å²) in [5.74, 6) is 1.39. The molecule has 0 fully saturated rings. The molecule has 0 saturated heterocycles. The van der Waals surface area contributed by atoms with Crippen molar-refractivity contribution in [3.8, 4) is 56.9 Å². The van der Waals surface area contributed by atoms with E-state index in [1.54, 1.807) is 23.6 Å². The second-order valence-corrected chi connectivity index (χ2v) is 7.94. The Morgan fingerprint density at radius 1 is 0.939 bits per heavy atom. The van der Waals surface area contributed by atoms with E-state index < -0.39 is 7.82 Å². The third-order valence-electron chi connectivity index (χ3n) is 4.47. The van der Waals surface area contributed by atoms with E-state index in [-0.39, 0.29) is 83.2 Å². The Bertz CT molecular complexity index is 1180. The molecule has 0 N–H and O–H groups in total. The van der Waals surface area contributed by atoms with E-state index >= 15 is 0 Å². The Labute approximate surface area is 238 Å². The van der Waals surface area contributed by atoms with E-state index in [9.17, 15) is 14.4 Å². The molecule has 0 amide bonds. The number of methoxy groups -OCH3 is 3. The molecule has 1 aliphatic rings. The summed E-state index contributed by atoms with van der Waals surface area (Å²) in [5, 5.41) is 1.77. The van der Waals surface area contributed by atoms with Gasteiger partial charge in [-0.1, -0.05) is 0 Å². The predicted octanol–water partition coefficient (Wildman–Crippen LogP) is -3.55. The van der Waals surface area contributed by atoms with Crippen LogP contribution in [0.25, 0.3) is 22.4 Å². The molecule has 0 saturated carbocycles. The first-order valence-corrected chi connectivity index (χ1v) is 11.0. The van der Waals surface area contributed by atoms with Crippen molar-refractivity contribution < 1.29 is 102 Å². The van der Waals surface area contributed by atoms with Crippen molar-refractivity contribution in [1.82, 2.24) is 4.37 Å². The fraction of sp³-hybridized carbons (Fsp3) is 0.211. The zero-order chi connectivity index (χ0) is 22.2. The summed E-state index contributed by atoms with van der Waals surface area (Å²) in [6.07, 6.45) is 0. The summed E-state index contributed by atoms with van der Waals surface area (Å²) in [4.78, 5) is 22.5. The summed E-state index contributed by atoms with van der Waals surface area (Å²) in [5.41, 5.74) is 2.41. The first kappa shape index (κ1) is 28.3. The number of rotatable bonds is 7. The molecule has 3 aromatic rings. The smallest absolute Gasteiger partial charge is 0.780 e. The average Bonchev–Trinajstić information content (AvgIpc) is 3.40. The minimum atomic E-state index is -5.34. The van der Waals surface area contributed by atoms with Gasteiger partial charge in [0.1, 0.15) is 7.82 Å². The van der Waals surface area contributed by atoms with Gasteiger partial charge in [0, 0.05) is 16.5 Å². The van der Waals surface area contributed by atoms with Crippen LogP contribution in [-0.2, 0) is 4.57 Å². The number of phosphoric ester groups is 1. The van der Waals surface area contributed by atoms with Gasteiger partial charge >= 0.3 is 59.1 Å². The van der Waals surface area contributed by atoms with Crippen LogP contribution in [-0.4, -0.2) is 32.5 Å². The van der Waals surface area contributed by atoms with Gasteiger partial charge in [-0.15, -0.1) is 0 Å². The molecule has 0 atom stereocenters. The maximum absolute atomic E-state index is 11.2. The molecule has 0 spiro atoms. The minimum Gasteiger partial charge on any atom is -0.780 e. The largest absolute Gasteiger partial charge is 1.00 e. The summed E-state index contributed by atoms with van der Waals surface area (Å²) in [7, 11) is -1.13. The van der Waals surface area contributed by atoms with Crippen LogP contribution in [0.4, 0.5) is 0 Å². The summed E-state index contributed by atoms with van der Waals surface area (Å²) >= 11 is 1.19. The molecule has 0 bridgehead atoms. The molecular formula is C19H16NNa2O9PS. The van der Waals surface area contributed by atoms with Gasteiger partial charge < -0.3 is 42.6 Å². The maximum atomic E-state index is 11.2. The van der Waals surface area contributed by atoms with Gasteiger partial charge in [-0.2, -0.15) is 4.37 Å². The molecule has 0 radical (unpaired) electrons. The maximum Gasteiger partial charge on any atom is 1.00 e. The van der Waals surface area contributed by atoms with Gasteiger partial charge in [0.2, 0.25) is 18.3 Å². The van der Waals surface area contributed by atoms with Crippen LogP contribution in [0.1, 0.15) is 0 Å². The van der Waals surface area contributed by atoms with Crippen LogP contribution in [0.2, 0.25) is 0 Å². The molecule has 14 heteroatoms. The van der Waals surface area contributed by atoms with Crippen molar-refractivity contribution in [2.45, 2.75) is 0 Å². The molecule has 10 nitrogen and oxygen atoms in total. The van der Waals surface area contributed by atoms with Crippen molar-refractivity contribution in [3.63, 3.8) is 0 Å². The van der Waals surface area contributed by atoms with Gasteiger partial charge in [0.25, 0.3) is 0 Å². The number of ether oxygens (including phenoxy) is 5. The molecular weight excluding hydrogens is 495 g/mol. The SMILES string of the molecule is COc1cc(-c2csnc2-c2cc(OC)c3c(c2)OCO3)cc(OP(=O)([O-])[O-])c1OC.[Na+].[Na+]. The predicted molar refractivity (Wildman–Crippen MR) is 107 cm³/mol. The van der Waals surface area contributed by atoms with Crippen molar-refractivity contribution in [1.29, 1.82) is 0 Å². The molecule has 0 unspecified atom stereocenters. The Kier molecular flexibility index (Phi) is 9.96. The van der Waals surface area contributed by atoms with Gasteiger partial charge in [0.05, 0.1) is 27.0 Å². The fourth-order valence-corrected chi connectivity index (χ4v) is 4.28. The average molecular weight is 511 g/mol. The molecule has 1 aromatic heterocycles. The fourth-order valence-electron chi connectivity index (χ4n) is 3.19. The Balaban J connectivity index is 0.00000193. The van der Waals surface area contributed by atoms with E-state index in [2.05, 4.69) is 8.90 Å². The van der Waals surface area contributed by atoms with Crippen LogP contribution in [0.3, 0.4) is 0 Å². The topological polar surface area (TPSA) is 131 Å². The first-order chi connectivity index (χ1) is 14.8. The van der Waals surface area contributed by atoms with Crippen LogP contribution < -0.4 is 97.1 Å². The van der Waals surface area contributed by atoms with Crippen LogP contribution >= 0.6 is 19.4 Å². The van der Waals surface area contributed by atoms with Crippen LogP contribution in [0, 0.1) is 0 Å². The molecule has 0 aliphatic carbocycles. The monoisotopic (exact) mass is 511 g/mol. The standard InChI is InChI=1S/C19H18NO9PS.2Na/c1-24-13-4-10(5-16(18(13)26-3)29-30(21,22)23)12-8-31-20-17(12)11-6-14(25-2)19-15(7-11)27-9-28-19;;/h4-8H,9H2,1-3H3,(H2,21,22,23);;/q;2*+1/p-2. The zero-order valence-corrected chi connectivity index (χ0v) is 24.3. The number of phosphoric acid groups is 1. The second-order valence-electron chi connectivity index (χ2n) is 6.24. The summed E-state index contributed by atoms with van der Waals surface area (Å²) < 4.78 is 47.1. The van der Waals surface area contributed by atoms with Gasteiger partial charge in [-0.25, -0.2) is 0 Å². The van der Waals surface area contributed by atoms with Crippen LogP contribution in [0.15, 0.2) is 29.6 Å². The van der Waals surface area contributed by atoms with Gasteiger partial charge in [0.15, 0.2) is 23.0 Å². The minimum absolute atomic E-state index is 0. The van der Waals surface area contributed by atoms with Gasteiger partial charge in [-0.05, 0) is 41.4 Å². The van der Waals surface area contributed by atoms with Crippen molar-refractivity contribution in [3.05, 3.63) is 29.6 Å². The molecule has 2 aromatic carbocycles. The number of hydrogen-bond donors (Lipinski definition) is 0. The van der Waals surface area contributed by atoms with Gasteiger partial charge in [-0.3, -0.25) is 0 Å². The molecule has 164 valence electrons. The number of hydrogen-bond acceptors (Lipinski definition) is 11. The van der Waals surface area contributed by atoms with E-state index in [0.717, 1.165) is 0 Å². The molecule has 1 aliphatic heterocycles. The number of fused-ring (bicyclic) bond motifs is 1. The van der Waals surface area contributed by atoms with E-state index in [1.807, 2.05) is 0 Å².